The van der Waals surface area contributed by atoms with Gasteiger partial charge in [-0.25, -0.2) is 4.98 Å². The monoisotopic (exact) mass is 370 g/mol. The number of carbonyl (C=O) groups excluding carboxylic acids is 2. The van der Waals surface area contributed by atoms with Crippen molar-refractivity contribution in [1.29, 1.82) is 0 Å². The highest BCUT2D eigenvalue weighted by Crippen LogP contribution is 2.32. The number of rotatable bonds is 5. The number of hydrogen-bond donors (Lipinski definition) is 0. The summed E-state index contributed by atoms with van der Waals surface area (Å²) in [5, 5.41) is 0.934. The Bertz CT molecular complexity index is 777. The molecule has 0 radical (unpaired) electrons. The van der Waals surface area contributed by atoms with Crippen LogP contribution in [0.15, 0.2) is 36.5 Å². The molecule has 26 heavy (non-hydrogen) atoms. The fraction of sp³-hybridized carbons (Fsp3) is 0.450. The highest BCUT2D eigenvalue weighted by molar-refractivity contribution is 7.15. The van der Waals surface area contributed by atoms with E-state index >= 15 is 0 Å². The van der Waals surface area contributed by atoms with Gasteiger partial charge in [-0.05, 0) is 25.7 Å². The fourth-order valence-corrected chi connectivity index (χ4v) is 4.10. The molecule has 1 saturated heterocycles. The van der Waals surface area contributed by atoms with Crippen LogP contribution in [0.1, 0.15) is 30.6 Å². The van der Waals surface area contributed by atoms with Gasteiger partial charge in [0.15, 0.2) is 0 Å². The first kappa shape index (κ1) is 17.2. The van der Waals surface area contributed by atoms with Crippen molar-refractivity contribution in [3.8, 4) is 10.6 Å². The van der Waals surface area contributed by atoms with Crippen molar-refractivity contribution in [2.24, 2.45) is 11.8 Å². The molecule has 0 bridgehead atoms. The molecule has 2 heterocycles. The summed E-state index contributed by atoms with van der Waals surface area (Å²) in [6, 6.07) is 9.98. The van der Waals surface area contributed by atoms with Crippen molar-refractivity contribution < 1.29 is 14.3 Å². The molecule has 0 unspecified atom stereocenters. The first-order valence-electron chi connectivity index (χ1n) is 9.16. The van der Waals surface area contributed by atoms with Crippen LogP contribution in [-0.2, 0) is 20.9 Å². The summed E-state index contributed by atoms with van der Waals surface area (Å²) < 4.78 is 5.50. The van der Waals surface area contributed by atoms with Gasteiger partial charge in [-0.1, -0.05) is 30.3 Å². The summed E-state index contributed by atoms with van der Waals surface area (Å²) >= 11 is 1.55. The first-order chi connectivity index (χ1) is 12.7. The van der Waals surface area contributed by atoms with Gasteiger partial charge < -0.3 is 9.64 Å². The summed E-state index contributed by atoms with van der Waals surface area (Å²) in [5.74, 6) is 0.275. The predicted octanol–water partition coefficient (Wildman–Crippen LogP) is 3.50. The molecule has 1 amide bonds. The van der Waals surface area contributed by atoms with E-state index in [-0.39, 0.29) is 30.3 Å². The van der Waals surface area contributed by atoms with E-state index < -0.39 is 0 Å². The lowest BCUT2D eigenvalue weighted by molar-refractivity contribution is -0.153. The molecule has 136 valence electrons. The zero-order valence-corrected chi connectivity index (χ0v) is 15.4. The van der Waals surface area contributed by atoms with Gasteiger partial charge in [0.2, 0.25) is 5.91 Å². The average Bonchev–Trinajstić information content (AvgIpc) is 3.44. The number of nitrogens with zero attached hydrogens (tertiary/aromatic N) is 2. The van der Waals surface area contributed by atoms with Crippen LogP contribution in [0.5, 0.6) is 0 Å². The molecule has 4 rings (SSSR count). The zero-order chi connectivity index (χ0) is 17.9. The lowest BCUT2D eigenvalue weighted by Crippen LogP contribution is -2.41. The molecule has 0 atom stereocenters. The minimum Gasteiger partial charge on any atom is -0.460 e. The maximum Gasteiger partial charge on any atom is 0.309 e. The van der Waals surface area contributed by atoms with Gasteiger partial charge in [0, 0.05) is 30.8 Å². The molecule has 5 nitrogen and oxygen atoms in total. The van der Waals surface area contributed by atoms with Crippen molar-refractivity contribution >= 4 is 23.2 Å². The van der Waals surface area contributed by atoms with E-state index in [1.165, 1.54) is 0 Å². The van der Waals surface area contributed by atoms with Gasteiger partial charge in [-0.3, -0.25) is 9.59 Å². The minimum atomic E-state index is -0.154. The Morgan fingerprint density at radius 2 is 1.81 bits per heavy atom. The molecule has 2 aliphatic rings. The molecule has 1 aliphatic heterocycles. The van der Waals surface area contributed by atoms with Gasteiger partial charge in [0.1, 0.15) is 11.6 Å². The molecule has 6 heteroatoms. The number of thiazole rings is 1. The second-order valence-corrected chi connectivity index (χ2v) is 8.09. The molecule has 1 aliphatic carbocycles. The van der Waals surface area contributed by atoms with Crippen molar-refractivity contribution in [2.75, 3.05) is 13.1 Å². The Labute approximate surface area is 157 Å². The number of piperidine rings is 1. The molecular formula is C20H22N2O3S. The number of carbonyl (C=O) groups is 2. The Morgan fingerprint density at radius 1 is 1.08 bits per heavy atom. The standard InChI is InChI=1S/C20H22N2O3S/c23-19(15-6-7-15)22-10-8-16(9-11-22)20(24)25-13-17-12-21-18(26-17)14-4-2-1-3-5-14/h1-5,12,15-16H,6-11,13H2. The second-order valence-electron chi connectivity index (χ2n) is 6.98. The quantitative estimate of drug-likeness (QED) is 0.756. The van der Waals surface area contributed by atoms with Crippen LogP contribution in [0.25, 0.3) is 10.6 Å². The Hall–Kier alpha value is -2.21. The summed E-state index contributed by atoms with van der Waals surface area (Å²) in [6.45, 7) is 1.62. The number of likely N-dealkylation sites (tertiary alicyclic amines) is 1. The summed E-state index contributed by atoms with van der Waals surface area (Å²) in [4.78, 5) is 31.7. The molecule has 1 aromatic carbocycles. The number of amides is 1. The predicted molar refractivity (Wildman–Crippen MR) is 99.4 cm³/mol. The third kappa shape index (κ3) is 3.96. The lowest BCUT2D eigenvalue weighted by atomic mass is 9.97. The van der Waals surface area contributed by atoms with E-state index in [0.29, 0.717) is 25.9 Å². The van der Waals surface area contributed by atoms with Gasteiger partial charge in [0.05, 0.1) is 10.8 Å². The SMILES string of the molecule is O=C(OCc1cnc(-c2ccccc2)s1)C1CCN(C(=O)C2CC2)CC1. The smallest absolute Gasteiger partial charge is 0.309 e. The largest absolute Gasteiger partial charge is 0.460 e. The van der Waals surface area contributed by atoms with Crippen LogP contribution < -0.4 is 0 Å². The van der Waals surface area contributed by atoms with Crippen LogP contribution in [0.2, 0.25) is 0 Å². The van der Waals surface area contributed by atoms with E-state index in [1.54, 1.807) is 17.5 Å². The summed E-state index contributed by atoms with van der Waals surface area (Å²) in [5.41, 5.74) is 1.07. The van der Waals surface area contributed by atoms with Crippen molar-refractivity contribution in [3.05, 3.63) is 41.4 Å². The van der Waals surface area contributed by atoms with Gasteiger partial charge in [-0.15, -0.1) is 11.3 Å². The van der Waals surface area contributed by atoms with Crippen molar-refractivity contribution in [1.82, 2.24) is 9.88 Å². The highest BCUT2D eigenvalue weighted by Gasteiger charge is 2.36. The molecule has 2 aromatic rings. The van der Waals surface area contributed by atoms with E-state index in [4.69, 9.17) is 4.74 Å². The molecule has 0 N–H and O–H groups in total. The molecule has 1 saturated carbocycles. The van der Waals surface area contributed by atoms with Crippen molar-refractivity contribution in [2.45, 2.75) is 32.3 Å². The van der Waals surface area contributed by atoms with E-state index in [9.17, 15) is 9.59 Å². The third-order valence-corrected chi connectivity index (χ3v) is 6.02. The van der Waals surface area contributed by atoms with E-state index in [0.717, 1.165) is 28.3 Å². The van der Waals surface area contributed by atoms with E-state index in [1.807, 2.05) is 35.2 Å². The molecule has 0 spiro atoms. The van der Waals surface area contributed by atoms with Gasteiger partial charge in [-0.2, -0.15) is 0 Å². The molecular weight excluding hydrogens is 348 g/mol. The Kier molecular flexibility index (Phi) is 5.02. The molecule has 1 aromatic heterocycles. The van der Waals surface area contributed by atoms with Crippen LogP contribution in [0.4, 0.5) is 0 Å². The number of esters is 1. The molecule has 2 fully saturated rings. The van der Waals surface area contributed by atoms with Crippen LogP contribution in [0, 0.1) is 11.8 Å². The number of benzene rings is 1. The zero-order valence-electron chi connectivity index (χ0n) is 14.6. The maximum atomic E-state index is 12.3. The normalized spacial score (nSPS) is 17.9. The minimum absolute atomic E-state index is 0.0974. The third-order valence-electron chi connectivity index (χ3n) is 5.00. The topological polar surface area (TPSA) is 59.5 Å². The summed E-state index contributed by atoms with van der Waals surface area (Å²) in [6.07, 6.45) is 5.24. The van der Waals surface area contributed by atoms with Crippen LogP contribution >= 0.6 is 11.3 Å². The average molecular weight is 370 g/mol. The number of ether oxygens (including phenoxy) is 1. The van der Waals surface area contributed by atoms with Crippen LogP contribution in [-0.4, -0.2) is 34.8 Å². The van der Waals surface area contributed by atoms with Gasteiger partial charge in [0.25, 0.3) is 0 Å². The maximum absolute atomic E-state index is 12.3. The summed E-state index contributed by atoms with van der Waals surface area (Å²) in [7, 11) is 0. The number of hydrogen-bond acceptors (Lipinski definition) is 5. The fourth-order valence-electron chi connectivity index (χ4n) is 3.27. The van der Waals surface area contributed by atoms with Gasteiger partial charge >= 0.3 is 5.97 Å². The van der Waals surface area contributed by atoms with Crippen LogP contribution in [0.3, 0.4) is 0 Å². The highest BCUT2D eigenvalue weighted by atomic mass is 32.1. The first-order valence-corrected chi connectivity index (χ1v) is 9.98. The number of aromatic nitrogens is 1. The second kappa shape index (κ2) is 7.58. The Balaban J connectivity index is 1.25. The lowest BCUT2D eigenvalue weighted by Gasteiger charge is -2.31. The Morgan fingerprint density at radius 3 is 2.50 bits per heavy atom. The van der Waals surface area contributed by atoms with Crippen molar-refractivity contribution in [3.63, 3.8) is 0 Å². The van der Waals surface area contributed by atoms with E-state index in [2.05, 4.69) is 4.98 Å².